The molecule has 1 heterocycles. The zero-order valence-corrected chi connectivity index (χ0v) is 20.1. The molecule has 182 valence electrons. The van der Waals surface area contributed by atoms with Gasteiger partial charge in [-0.1, -0.05) is 20.8 Å². The topological polar surface area (TPSA) is 79.3 Å². The van der Waals surface area contributed by atoms with E-state index in [0.29, 0.717) is 5.82 Å². The molecule has 33 heavy (non-hydrogen) atoms. The molecular weight excluding hydrogens is 435 g/mol. The zero-order valence-electron chi connectivity index (χ0n) is 20.1. The maximum absolute atomic E-state index is 12.7. The van der Waals surface area contributed by atoms with Gasteiger partial charge in [0.25, 0.3) is 0 Å². The molecule has 3 amide bonds. The molecule has 0 unspecified atom stereocenters. The Morgan fingerprint density at radius 3 is 2.03 bits per heavy atom. The number of rotatable bonds is 5. The number of alkyl halides is 3. The maximum atomic E-state index is 12.7. The first-order valence-corrected chi connectivity index (χ1v) is 10.7. The number of carbonyl (C=O) groups excluding carboxylic acids is 2. The van der Waals surface area contributed by atoms with Crippen LogP contribution in [0, 0.1) is 0 Å². The van der Waals surface area contributed by atoms with Crippen molar-refractivity contribution in [2.24, 2.45) is 0 Å². The average molecular weight is 468 g/mol. The Balaban J connectivity index is 2.10. The van der Waals surface area contributed by atoms with Gasteiger partial charge < -0.3 is 15.5 Å². The highest BCUT2D eigenvalue weighted by atomic mass is 19.4. The van der Waals surface area contributed by atoms with Crippen molar-refractivity contribution in [1.29, 1.82) is 0 Å². The van der Waals surface area contributed by atoms with Crippen LogP contribution in [0.5, 0.6) is 0 Å². The molecule has 0 atom stereocenters. The van der Waals surface area contributed by atoms with Crippen molar-refractivity contribution in [2.45, 2.75) is 65.6 Å². The van der Waals surface area contributed by atoms with Crippen molar-refractivity contribution in [3.8, 4) is 0 Å². The minimum atomic E-state index is -4.46. The molecule has 1 aromatic heterocycles. The molecule has 0 aliphatic rings. The molecule has 2 rings (SSSR count). The van der Waals surface area contributed by atoms with E-state index in [9.17, 15) is 22.8 Å². The summed E-state index contributed by atoms with van der Waals surface area (Å²) in [7, 11) is 0. The number of likely N-dealkylation sites (N-methyl/N-ethyl adjacent to an activating group) is 1. The summed E-state index contributed by atoms with van der Waals surface area (Å²) in [6, 6.07) is 5.35. The fourth-order valence-corrected chi connectivity index (χ4v) is 2.98. The molecule has 10 heteroatoms. The Kier molecular flexibility index (Phi) is 7.50. The summed E-state index contributed by atoms with van der Waals surface area (Å²) in [4.78, 5) is 26.6. The van der Waals surface area contributed by atoms with Crippen LogP contribution in [-0.2, 0) is 21.9 Å². The zero-order chi connectivity index (χ0) is 25.2. The molecule has 7 nitrogen and oxygen atoms in total. The predicted molar refractivity (Wildman–Crippen MR) is 122 cm³/mol. The Morgan fingerprint density at radius 2 is 1.58 bits per heavy atom. The summed E-state index contributed by atoms with van der Waals surface area (Å²) in [5, 5.41) is 10.0. The number of anilines is 2. The van der Waals surface area contributed by atoms with Crippen molar-refractivity contribution < 1.29 is 22.8 Å². The van der Waals surface area contributed by atoms with Crippen LogP contribution in [0.4, 0.5) is 29.5 Å². The summed E-state index contributed by atoms with van der Waals surface area (Å²) in [6.07, 6.45) is -4.46. The Morgan fingerprint density at radius 1 is 1.00 bits per heavy atom. The van der Waals surface area contributed by atoms with Gasteiger partial charge in [0.05, 0.1) is 16.8 Å². The van der Waals surface area contributed by atoms with Crippen molar-refractivity contribution in [3.63, 3.8) is 0 Å². The number of carbonyl (C=O) groups is 2. The molecule has 0 fully saturated rings. The number of nitrogens with zero attached hydrogens (tertiary/aromatic N) is 3. The van der Waals surface area contributed by atoms with Crippen LogP contribution in [0.3, 0.4) is 0 Å². The molecule has 0 spiro atoms. The van der Waals surface area contributed by atoms with E-state index in [1.165, 1.54) is 17.0 Å². The summed E-state index contributed by atoms with van der Waals surface area (Å²) in [5.41, 5.74) is -0.381. The minimum Gasteiger partial charge on any atom is -0.315 e. The third-order valence-corrected chi connectivity index (χ3v) is 4.85. The third-order valence-electron chi connectivity index (χ3n) is 4.85. The largest absolute Gasteiger partial charge is 0.416 e. The van der Waals surface area contributed by atoms with E-state index in [0.717, 1.165) is 17.8 Å². The van der Waals surface area contributed by atoms with Crippen LogP contribution < -0.4 is 10.6 Å². The van der Waals surface area contributed by atoms with Crippen LogP contribution >= 0.6 is 0 Å². The number of amides is 3. The summed E-state index contributed by atoms with van der Waals surface area (Å²) in [5.74, 6) is 0.113. The molecule has 0 bridgehead atoms. The molecule has 0 radical (unpaired) electrons. The first-order valence-electron chi connectivity index (χ1n) is 10.7. The van der Waals surface area contributed by atoms with Gasteiger partial charge in [-0.2, -0.15) is 18.3 Å². The van der Waals surface area contributed by atoms with Crippen LogP contribution in [0.25, 0.3) is 0 Å². The average Bonchev–Trinajstić information content (AvgIpc) is 3.10. The summed E-state index contributed by atoms with van der Waals surface area (Å²) in [6.45, 7) is 13.7. The summed E-state index contributed by atoms with van der Waals surface area (Å²) >= 11 is 0. The third kappa shape index (κ3) is 6.97. The molecule has 0 aliphatic carbocycles. The van der Waals surface area contributed by atoms with Gasteiger partial charge in [-0.15, -0.1) is 0 Å². The van der Waals surface area contributed by atoms with E-state index in [-0.39, 0.29) is 29.7 Å². The van der Waals surface area contributed by atoms with E-state index < -0.39 is 23.7 Å². The van der Waals surface area contributed by atoms with Gasteiger partial charge in [0.2, 0.25) is 5.91 Å². The molecule has 2 N–H and O–H groups in total. The van der Waals surface area contributed by atoms with E-state index >= 15 is 0 Å². The number of benzene rings is 1. The number of hydrogen-bond donors (Lipinski definition) is 2. The van der Waals surface area contributed by atoms with E-state index in [4.69, 9.17) is 0 Å². The lowest BCUT2D eigenvalue weighted by atomic mass is 9.92. The first kappa shape index (κ1) is 26.2. The predicted octanol–water partition coefficient (Wildman–Crippen LogP) is 5.45. The van der Waals surface area contributed by atoms with E-state index in [2.05, 4.69) is 15.7 Å². The van der Waals surface area contributed by atoms with E-state index in [1.54, 1.807) is 11.6 Å². The van der Waals surface area contributed by atoms with Gasteiger partial charge >= 0.3 is 12.2 Å². The second kappa shape index (κ2) is 9.44. The van der Waals surface area contributed by atoms with Gasteiger partial charge in [0, 0.05) is 23.7 Å². The smallest absolute Gasteiger partial charge is 0.315 e. The van der Waals surface area contributed by atoms with E-state index in [1.807, 2.05) is 47.6 Å². The van der Waals surface area contributed by atoms with Gasteiger partial charge in [-0.3, -0.25) is 4.79 Å². The van der Waals surface area contributed by atoms with Crippen LogP contribution in [0.1, 0.15) is 59.7 Å². The first-order chi connectivity index (χ1) is 15.0. The summed E-state index contributed by atoms with van der Waals surface area (Å²) < 4.78 is 39.9. The standard InChI is InChI=1S/C23H32F3N5O2/c1-8-30(20(33)27-16-11-9-15(10-12-16)23(24,25)26)14-19(32)28-18-13-17(21(2,3)4)29-31(18)22(5,6)7/h9-13H,8,14H2,1-7H3,(H,27,33)(H,28,32). The lowest BCUT2D eigenvalue weighted by molar-refractivity contribution is -0.137. The SMILES string of the molecule is CCN(CC(=O)Nc1cc(C(C)(C)C)nn1C(C)(C)C)C(=O)Nc1ccc(C(F)(F)F)cc1. The second-order valence-corrected chi connectivity index (χ2v) is 9.82. The maximum Gasteiger partial charge on any atom is 0.416 e. The molecule has 1 aromatic carbocycles. The van der Waals surface area contributed by atoms with Crippen LogP contribution in [-0.4, -0.2) is 39.7 Å². The van der Waals surface area contributed by atoms with Gasteiger partial charge in [-0.05, 0) is 52.0 Å². The molecule has 2 aromatic rings. The normalized spacial score (nSPS) is 12.4. The minimum absolute atomic E-state index is 0.201. The van der Waals surface area contributed by atoms with Crippen molar-refractivity contribution in [1.82, 2.24) is 14.7 Å². The van der Waals surface area contributed by atoms with Crippen LogP contribution in [0.2, 0.25) is 0 Å². The molecule has 0 aliphatic heterocycles. The number of nitrogens with one attached hydrogen (secondary N) is 2. The second-order valence-electron chi connectivity index (χ2n) is 9.82. The lowest BCUT2D eigenvalue weighted by Crippen LogP contribution is -2.41. The fourth-order valence-electron chi connectivity index (χ4n) is 2.98. The number of aromatic nitrogens is 2. The van der Waals surface area contributed by atoms with Crippen molar-refractivity contribution >= 4 is 23.4 Å². The number of halogens is 3. The Hall–Kier alpha value is -3.04. The van der Waals surface area contributed by atoms with Gasteiger partial charge in [0.15, 0.2) is 0 Å². The Bertz CT molecular complexity index is 983. The quantitative estimate of drug-likeness (QED) is 0.614. The molecule has 0 saturated carbocycles. The highest BCUT2D eigenvalue weighted by Gasteiger charge is 2.30. The highest BCUT2D eigenvalue weighted by molar-refractivity contribution is 5.96. The number of urea groups is 1. The highest BCUT2D eigenvalue weighted by Crippen LogP contribution is 2.30. The molecular formula is C23H32F3N5O2. The van der Waals surface area contributed by atoms with Crippen LogP contribution in [0.15, 0.2) is 30.3 Å². The number of hydrogen-bond acceptors (Lipinski definition) is 3. The monoisotopic (exact) mass is 467 g/mol. The molecule has 0 saturated heterocycles. The lowest BCUT2D eigenvalue weighted by Gasteiger charge is -2.24. The Labute approximate surface area is 192 Å². The van der Waals surface area contributed by atoms with Gasteiger partial charge in [0.1, 0.15) is 12.4 Å². The van der Waals surface area contributed by atoms with Crippen molar-refractivity contribution in [3.05, 3.63) is 41.6 Å². The van der Waals surface area contributed by atoms with Crippen molar-refractivity contribution in [2.75, 3.05) is 23.7 Å². The fraction of sp³-hybridized carbons (Fsp3) is 0.522. The van der Waals surface area contributed by atoms with Gasteiger partial charge in [-0.25, -0.2) is 9.48 Å².